The summed E-state index contributed by atoms with van der Waals surface area (Å²) in [5, 5.41) is 5.22. The molecule has 6 heteroatoms. The van der Waals surface area contributed by atoms with Crippen molar-refractivity contribution in [1.29, 1.82) is 0 Å². The third-order valence-electron chi connectivity index (χ3n) is 3.20. The van der Waals surface area contributed by atoms with Crippen molar-refractivity contribution >= 4 is 21.4 Å². The highest BCUT2D eigenvalue weighted by atomic mass is 32.2. The van der Waals surface area contributed by atoms with E-state index in [1.165, 1.54) is 24.2 Å². The van der Waals surface area contributed by atoms with Gasteiger partial charge in [0, 0.05) is 24.0 Å². The van der Waals surface area contributed by atoms with Crippen LogP contribution < -0.4 is 10.0 Å². The van der Waals surface area contributed by atoms with E-state index in [1.807, 2.05) is 5.38 Å². The summed E-state index contributed by atoms with van der Waals surface area (Å²) in [5.41, 5.74) is 0. The largest absolute Gasteiger partial charge is 0.309 e. The lowest BCUT2D eigenvalue weighted by molar-refractivity contribution is 0.574. The van der Waals surface area contributed by atoms with Crippen LogP contribution in [0, 0.1) is 0 Å². The first-order valence-electron chi connectivity index (χ1n) is 6.93. The van der Waals surface area contributed by atoms with Crippen molar-refractivity contribution in [2.45, 2.75) is 56.5 Å². The number of rotatable bonds is 9. The number of nitrogens with one attached hydrogen (secondary N) is 2. The first kappa shape index (κ1) is 15.0. The van der Waals surface area contributed by atoms with Crippen molar-refractivity contribution in [1.82, 2.24) is 10.0 Å². The first-order valence-corrected chi connectivity index (χ1v) is 9.29. The molecule has 0 amide bonds. The van der Waals surface area contributed by atoms with E-state index in [1.54, 1.807) is 6.07 Å². The number of sulfonamides is 1. The second kappa shape index (κ2) is 6.83. The molecule has 0 radical (unpaired) electrons. The average Bonchev–Trinajstić information content (AvgIpc) is 3.08. The SMILES string of the molecule is CCCCCNS(=O)(=O)c1ccsc1CNC1CC1. The quantitative estimate of drug-likeness (QED) is 0.689. The maximum Gasteiger partial charge on any atom is 0.241 e. The van der Waals surface area contributed by atoms with Crippen LogP contribution in [0.3, 0.4) is 0 Å². The lowest BCUT2D eigenvalue weighted by Gasteiger charge is -2.08. The molecule has 0 aliphatic heterocycles. The molecule has 108 valence electrons. The molecule has 1 fully saturated rings. The maximum atomic E-state index is 12.2. The molecule has 1 heterocycles. The van der Waals surface area contributed by atoms with Crippen LogP contribution in [0.2, 0.25) is 0 Å². The summed E-state index contributed by atoms with van der Waals surface area (Å²) in [4.78, 5) is 1.36. The van der Waals surface area contributed by atoms with Crippen LogP contribution >= 0.6 is 11.3 Å². The topological polar surface area (TPSA) is 58.2 Å². The van der Waals surface area contributed by atoms with E-state index in [9.17, 15) is 8.42 Å². The minimum Gasteiger partial charge on any atom is -0.309 e. The molecular weight excluding hydrogens is 280 g/mol. The highest BCUT2D eigenvalue weighted by Crippen LogP contribution is 2.24. The Morgan fingerprint density at radius 2 is 2.16 bits per heavy atom. The van der Waals surface area contributed by atoms with Gasteiger partial charge < -0.3 is 5.32 Å². The lowest BCUT2D eigenvalue weighted by atomic mass is 10.3. The van der Waals surface area contributed by atoms with E-state index < -0.39 is 10.0 Å². The van der Waals surface area contributed by atoms with Crippen molar-refractivity contribution < 1.29 is 8.42 Å². The van der Waals surface area contributed by atoms with Gasteiger partial charge in [-0.15, -0.1) is 11.3 Å². The van der Waals surface area contributed by atoms with Crippen LogP contribution in [0.1, 0.15) is 43.9 Å². The minimum absolute atomic E-state index is 0.446. The van der Waals surface area contributed by atoms with Gasteiger partial charge in [0.15, 0.2) is 0 Å². The standard InChI is InChI=1S/C13H22N2O2S2/c1-2-3-4-8-15-19(16,17)13-7-9-18-12(13)10-14-11-5-6-11/h7,9,11,14-15H,2-6,8,10H2,1H3. The predicted molar refractivity (Wildman–Crippen MR) is 78.9 cm³/mol. The molecule has 0 bridgehead atoms. The van der Waals surface area contributed by atoms with Gasteiger partial charge in [-0.1, -0.05) is 19.8 Å². The van der Waals surface area contributed by atoms with Gasteiger partial charge in [0.05, 0.1) is 4.90 Å². The predicted octanol–water partition coefficient (Wildman–Crippen LogP) is 2.47. The Labute approximate surface area is 119 Å². The highest BCUT2D eigenvalue weighted by molar-refractivity contribution is 7.89. The van der Waals surface area contributed by atoms with Gasteiger partial charge in [0.1, 0.15) is 0 Å². The summed E-state index contributed by atoms with van der Waals surface area (Å²) in [6, 6.07) is 2.30. The lowest BCUT2D eigenvalue weighted by Crippen LogP contribution is -2.26. The third-order valence-corrected chi connectivity index (χ3v) is 5.79. The molecular formula is C13H22N2O2S2. The van der Waals surface area contributed by atoms with Crippen LogP contribution in [0.15, 0.2) is 16.3 Å². The number of unbranched alkanes of at least 4 members (excludes halogenated alkanes) is 2. The Balaban J connectivity index is 1.92. The van der Waals surface area contributed by atoms with Crippen molar-refractivity contribution in [2.24, 2.45) is 0 Å². The molecule has 19 heavy (non-hydrogen) atoms. The van der Waals surface area contributed by atoms with Crippen LogP contribution in [-0.2, 0) is 16.6 Å². The highest BCUT2D eigenvalue weighted by Gasteiger charge is 2.23. The second-order valence-electron chi connectivity index (χ2n) is 4.97. The Morgan fingerprint density at radius 1 is 1.37 bits per heavy atom. The fraction of sp³-hybridized carbons (Fsp3) is 0.692. The molecule has 1 aromatic rings. The normalized spacial score (nSPS) is 15.8. The van der Waals surface area contributed by atoms with Gasteiger partial charge in [-0.25, -0.2) is 13.1 Å². The summed E-state index contributed by atoms with van der Waals surface area (Å²) >= 11 is 1.51. The van der Waals surface area contributed by atoms with E-state index in [4.69, 9.17) is 0 Å². The second-order valence-corrected chi connectivity index (χ2v) is 7.70. The maximum absolute atomic E-state index is 12.2. The van der Waals surface area contributed by atoms with E-state index in [0.717, 1.165) is 24.1 Å². The fourth-order valence-electron chi connectivity index (χ4n) is 1.88. The van der Waals surface area contributed by atoms with E-state index in [2.05, 4.69) is 17.0 Å². The Morgan fingerprint density at radius 3 is 2.84 bits per heavy atom. The average molecular weight is 302 g/mol. The van der Waals surface area contributed by atoms with Gasteiger partial charge in [0.25, 0.3) is 0 Å². The summed E-state index contributed by atoms with van der Waals surface area (Å²) in [6.45, 7) is 3.30. The molecule has 4 nitrogen and oxygen atoms in total. The van der Waals surface area contributed by atoms with Crippen LogP contribution in [0.25, 0.3) is 0 Å². The van der Waals surface area contributed by atoms with Crippen LogP contribution in [0.5, 0.6) is 0 Å². The minimum atomic E-state index is -3.34. The Kier molecular flexibility index (Phi) is 5.38. The van der Waals surface area contributed by atoms with Crippen molar-refractivity contribution in [3.8, 4) is 0 Å². The molecule has 1 saturated carbocycles. The molecule has 0 saturated heterocycles. The monoisotopic (exact) mass is 302 g/mol. The molecule has 0 unspecified atom stereocenters. The van der Waals surface area contributed by atoms with Crippen LogP contribution in [0.4, 0.5) is 0 Å². The van der Waals surface area contributed by atoms with E-state index in [-0.39, 0.29) is 0 Å². The van der Waals surface area contributed by atoms with Crippen LogP contribution in [-0.4, -0.2) is 21.0 Å². The van der Waals surface area contributed by atoms with Crippen molar-refractivity contribution in [3.05, 3.63) is 16.3 Å². The molecule has 0 aromatic carbocycles. The van der Waals surface area contributed by atoms with E-state index >= 15 is 0 Å². The van der Waals surface area contributed by atoms with Gasteiger partial charge in [0.2, 0.25) is 10.0 Å². The number of hydrogen-bond donors (Lipinski definition) is 2. The third kappa shape index (κ3) is 4.56. The molecule has 0 atom stereocenters. The van der Waals surface area contributed by atoms with Gasteiger partial charge in [-0.2, -0.15) is 0 Å². The Bertz CT molecular complexity index is 492. The molecule has 1 aromatic heterocycles. The smallest absolute Gasteiger partial charge is 0.241 e. The van der Waals surface area contributed by atoms with Crippen molar-refractivity contribution in [2.75, 3.05) is 6.54 Å². The fourth-order valence-corrected chi connectivity index (χ4v) is 4.35. The Hall–Kier alpha value is -0.430. The summed E-state index contributed by atoms with van der Waals surface area (Å²) in [5.74, 6) is 0. The van der Waals surface area contributed by atoms with Gasteiger partial charge in [-0.3, -0.25) is 0 Å². The first-order chi connectivity index (χ1) is 9.13. The molecule has 2 N–H and O–H groups in total. The zero-order valence-corrected chi connectivity index (χ0v) is 12.9. The summed E-state index contributed by atoms with van der Waals surface area (Å²) < 4.78 is 27.1. The number of hydrogen-bond acceptors (Lipinski definition) is 4. The molecule has 2 rings (SSSR count). The molecule has 0 spiro atoms. The van der Waals surface area contributed by atoms with E-state index in [0.29, 0.717) is 24.0 Å². The number of thiophene rings is 1. The van der Waals surface area contributed by atoms with Gasteiger partial charge >= 0.3 is 0 Å². The zero-order chi connectivity index (χ0) is 13.7. The van der Waals surface area contributed by atoms with Crippen molar-refractivity contribution in [3.63, 3.8) is 0 Å². The summed E-state index contributed by atoms with van der Waals surface area (Å²) in [7, 11) is -3.34. The van der Waals surface area contributed by atoms with Gasteiger partial charge in [-0.05, 0) is 30.7 Å². The molecule has 1 aliphatic carbocycles. The zero-order valence-electron chi connectivity index (χ0n) is 11.3. The summed E-state index contributed by atoms with van der Waals surface area (Å²) in [6.07, 6.45) is 5.47. The molecule has 1 aliphatic rings.